The van der Waals surface area contributed by atoms with Gasteiger partial charge >= 0.3 is 0 Å². The van der Waals surface area contributed by atoms with Crippen molar-refractivity contribution in [3.05, 3.63) is 29.7 Å². The molecule has 2 nitrogen and oxygen atoms in total. The van der Waals surface area contributed by atoms with E-state index in [1.165, 1.54) is 6.07 Å². The van der Waals surface area contributed by atoms with Crippen LogP contribution in [0.3, 0.4) is 0 Å². The largest absolute Gasteiger partial charge is 0.266 e. The Morgan fingerprint density at radius 3 is 2.64 bits per heavy atom. The fraction of sp³-hybridized carbons (Fsp3) is 0.364. The second-order valence-electron chi connectivity index (χ2n) is 3.76. The van der Waals surface area contributed by atoms with Crippen LogP contribution in [0.2, 0.25) is 0 Å². The molecule has 0 fully saturated rings. The number of aromatic nitrogens is 2. The molecule has 0 amide bonds. The molecule has 0 N–H and O–H groups in total. The van der Waals surface area contributed by atoms with Crippen molar-refractivity contribution in [2.75, 3.05) is 0 Å². The molecule has 0 aliphatic rings. The fourth-order valence-electron chi connectivity index (χ4n) is 1.72. The van der Waals surface area contributed by atoms with Crippen LogP contribution < -0.4 is 0 Å². The molecule has 0 aliphatic carbocycles. The maximum atomic E-state index is 13.4. The zero-order chi connectivity index (χ0) is 10.3. The maximum absolute atomic E-state index is 13.4. The van der Waals surface area contributed by atoms with Crippen LogP contribution in [0, 0.1) is 12.7 Å². The molecule has 3 heteroatoms. The first-order valence-corrected chi connectivity index (χ1v) is 4.74. The third-order valence-corrected chi connectivity index (χ3v) is 2.42. The maximum Gasteiger partial charge on any atom is 0.151 e. The lowest BCUT2D eigenvalue weighted by molar-refractivity contribution is 0.521. The first-order valence-electron chi connectivity index (χ1n) is 4.74. The number of fused-ring (bicyclic) bond motifs is 1. The van der Waals surface area contributed by atoms with Crippen molar-refractivity contribution >= 4 is 10.9 Å². The Bertz CT molecular complexity index is 471. The van der Waals surface area contributed by atoms with E-state index < -0.39 is 0 Å². The Labute approximate surface area is 82.3 Å². The average molecular weight is 192 g/mol. The van der Waals surface area contributed by atoms with Crippen LogP contribution >= 0.6 is 0 Å². The van der Waals surface area contributed by atoms with Gasteiger partial charge in [0.05, 0.1) is 0 Å². The van der Waals surface area contributed by atoms with Gasteiger partial charge < -0.3 is 0 Å². The molecule has 1 aromatic heterocycles. The molecule has 0 bridgehead atoms. The lowest BCUT2D eigenvalue weighted by atomic mass is 10.2. The third kappa shape index (κ3) is 1.20. The summed E-state index contributed by atoms with van der Waals surface area (Å²) in [5, 5.41) is 5.15. The van der Waals surface area contributed by atoms with Crippen LogP contribution in [-0.4, -0.2) is 9.78 Å². The zero-order valence-electron chi connectivity index (χ0n) is 8.58. The van der Waals surface area contributed by atoms with Gasteiger partial charge in [0.25, 0.3) is 0 Å². The molecule has 0 spiro atoms. The molecule has 0 saturated heterocycles. The highest BCUT2D eigenvalue weighted by atomic mass is 19.1. The normalized spacial score (nSPS) is 11.5. The van der Waals surface area contributed by atoms with Crippen LogP contribution in [0.1, 0.15) is 25.6 Å². The smallest absolute Gasteiger partial charge is 0.151 e. The van der Waals surface area contributed by atoms with Crippen molar-refractivity contribution in [3.8, 4) is 0 Å². The summed E-state index contributed by atoms with van der Waals surface area (Å²) >= 11 is 0. The Balaban J connectivity index is 2.80. The van der Waals surface area contributed by atoms with E-state index in [-0.39, 0.29) is 11.9 Å². The van der Waals surface area contributed by atoms with Gasteiger partial charge in [0.1, 0.15) is 5.52 Å². The van der Waals surface area contributed by atoms with Crippen molar-refractivity contribution in [3.63, 3.8) is 0 Å². The van der Waals surface area contributed by atoms with E-state index in [0.717, 1.165) is 11.1 Å². The lowest BCUT2D eigenvalue weighted by Gasteiger charge is -2.06. The summed E-state index contributed by atoms with van der Waals surface area (Å²) in [6.07, 6.45) is 0. The van der Waals surface area contributed by atoms with E-state index in [1.807, 2.05) is 31.5 Å². The summed E-state index contributed by atoms with van der Waals surface area (Å²) in [5.41, 5.74) is 1.49. The fourth-order valence-corrected chi connectivity index (χ4v) is 1.72. The van der Waals surface area contributed by atoms with Crippen molar-refractivity contribution in [1.82, 2.24) is 9.78 Å². The minimum atomic E-state index is -0.245. The Kier molecular flexibility index (Phi) is 2.02. The van der Waals surface area contributed by atoms with Crippen LogP contribution in [-0.2, 0) is 0 Å². The van der Waals surface area contributed by atoms with Gasteiger partial charge in [0.2, 0.25) is 0 Å². The second-order valence-corrected chi connectivity index (χ2v) is 3.76. The minimum Gasteiger partial charge on any atom is -0.266 e. The number of nitrogens with zero attached hydrogens (tertiary/aromatic N) is 2. The molecule has 2 rings (SSSR count). The van der Waals surface area contributed by atoms with Gasteiger partial charge in [-0.2, -0.15) is 5.10 Å². The average Bonchev–Trinajstić information content (AvgIpc) is 2.46. The van der Waals surface area contributed by atoms with E-state index in [9.17, 15) is 4.39 Å². The molecular formula is C11H13FN2. The van der Waals surface area contributed by atoms with Gasteiger partial charge in [0, 0.05) is 17.1 Å². The molecule has 0 unspecified atom stereocenters. The SMILES string of the molecule is Cc1c2cccc(F)c2nn1C(C)C. The van der Waals surface area contributed by atoms with Crippen molar-refractivity contribution in [1.29, 1.82) is 0 Å². The molecule has 0 radical (unpaired) electrons. The van der Waals surface area contributed by atoms with Gasteiger partial charge in [-0.05, 0) is 26.8 Å². The molecule has 0 atom stereocenters. The number of aryl methyl sites for hydroxylation is 1. The van der Waals surface area contributed by atoms with Crippen LogP contribution in [0.25, 0.3) is 10.9 Å². The summed E-state index contributed by atoms with van der Waals surface area (Å²) in [6.45, 7) is 6.04. The van der Waals surface area contributed by atoms with Crippen LogP contribution in [0.5, 0.6) is 0 Å². The van der Waals surface area contributed by atoms with Gasteiger partial charge in [0.15, 0.2) is 5.82 Å². The molecule has 0 aliphatic heterocycles. The predicted octanol–water partition coefficient (Wildman–Crippen LogP) is 3.06. The number of hydrogen-bond donors (Lipinski definition) is 0. The Hall–Kier alpha value is -1.38. The van der Waals surface area contributed by atoms with E-state index >= 15 is 0 Å². The number of rotatable bonds is 1. The van der Waals surface area contributed by atoms with Gasteiger partial charge in [-0.25, -0.2) is 4.39 Å². The summed E-state index contributed by atoms with van der Waals surface area (Å²) in [6, 6.07) is 5.33. The molecular weight excluding hydrogens is 179 g/mol. The molecule has 2 aromatic rings. The molecule has 1 aromatic carbocycles. The Morgan fingerprint density at radius 2 is 2.07 bits per heavy atom. The van der Waals surface area contributed by atoms with E-state index in [0.29, 0.717) is 5.52 Å². The van der Waals surface area contributed by atoms with Crippen LogP contribution in [0.4, 0.5) is 4.39 Å². The van der Waals surface area contributed by atoms with E-state index in [2.05, 4.69) is 5.10 Å². The van der Waals surface area contributed by atoms with Crippen molar-refractivity contribution < 1.29 is 4.39 Å². The highest BCUT2D eigenvalue weighted by Crippen LogP contribution is 2.22. The molecule has 0 saturated carbocycles. The molecule has 14 heavy (non-hydrogen) atoms. The Morgan fingerprint density at radius 1 is 1.36 bits per heavy atom. The standard InChI is InChI=1S/C11H13FN2/c1-7(2)14-8(3)9-5-4-6-10(12)11(9)13-14/h4-7H,1-3H3. The van der Waals surface area contributed by atoms with E-state index in [4.69, 9.17) is 0 Å². The van der Waals surface area contributed by atoms with Crippen molar-refractivity contribution in [2.45, 2.75) is 26.8 Å². The molecule has 74 valence electrons. The highest BCUT2D eigenvalue weighted by Gasteiger charge is 2.11. The quantitative estimate of drug-likeness (QED) is 0.679. The van der Waals surface area contributed by atoms with Gasteiger partial charge in [-0.15, -0.1) is 0 Å². The molecule has 1 heterocycles. The third-order valence-electron chi connectivity index (χ3n) is 2.42. The highest BCUT2D eigenvalue weighted by molar-refractivity contribution is 5.81. The second kappa shape index (κ2) is 3.08. The minimum absolute atomic E-state index is 0.245. The summed E-state index contributed by atoms with van der Waals surface area (Å²) in [4.78, 5) is 0. The topological polar surface area (TPSA) is 17.8 Å². The summed E-state index contributed by atoms with van der Waals surface area (Å²) in [5.74, 6) is -0.245. The van der Waals surface area contributed by atoms with Crippen LogP contribution in [0.15, 0.2) is 18.2 Å². The van der Waals surface area contributed by atoms with E-state index in [1.54, 1.807) is 6.07 Å². The van der Waals surface area contributed by atoms with Gasteiger partial charge in [-0.3, -0.25) is 4.68 Å². The number of halogens is 1. The zero-order valence-corrected chi connectivity index (χ0v) is 8.58. The van der Waals surface area contributed by atoms with Gasteiger partial charge in [-0.1, -0.05) is 12.1 Å². The summed E-state index contributed by atoms with van der Waals surface area (Å²) < 4.78 is 15.2. The van der Waals surface area contributed by atoms with Crippen molar-refractivity contribution in [2.24, 2.45) is 0 Å². The lowest BCUT2D eigenvalue weighted by Crippen LogP contribution is -2.04. The first-order chi connectivity index (χ1) is 6.61. The monoisotopic (exact) mass is 192 g/mol. The predicted molar refractivity (Wildman–Crippen MR) is 54.8 cm³/mol. The summed E-state index contributed by atoms with van der Waals surface area (Å²) in [7, 11) is 0. The first kappa shape index (κ1) is 9.19. The number of hydrogen-bond acceptors (Lipinski definition) is 1. The number of benzene rings is 1.